The minimum atomic E-state index is -0.441. The number of urea groups is 1. The molecule has 1 saturated heterocycles. The molecule has 130 valence electrons. The van der Waals surface area contributed by atoms with Crippen LogP contribution in [0.5, 0.6) is 0 Å². The van der Waals surface area contributed by atoms with Crippen molar-refractivity contribution in [2.24, 2.45) is 0 Å². The van der Waals surface area contributed by atoms with E-state index in [2.05, 4.69) is 15.5 Å². The van der Waals surface area contributed by atoms with Crippen LogP contribution >= 0.6 is 0 Å². The SMILES string of the molecule is CN(C)C1(CNC(=O)NCc2cc(C#N)ccc2F)CCOCC1. The van der Waals surface area contributed by atoms with Gasteiger partial charge in [0.15, 0.2) is 0 Å². The van der Waals surface area contributed by atoms with Crippen LogP contribution in [0.2, 0.25) is 0 Å². The van der Waals surface area contributed by atoms with Gasteiger partial charge in [0.1, 0.15) is 5.82 Å². The minimum absolute atomic E-state index is 0.0330. The molecule has 1 aromatic rings. The molecule has 1 aliphatic rings. The lowest BCUT2D eigenvalue weighted by atomic mass is 9.88. The molecule has 2 amide bonds. The average Bonchev–Trinajstić information content (AvgIpc) is 2.60. The lowest BCUT2D eigenvalue weighted by Gasteiger charge is -2.42. The fourth-order valence-electron chi connectivity index (χ4n) is 2.80. The molecule has 0 aliphatic carbocycles. The van der Waals surface area contributed by atoms with Crippen molar-refractivity contribution in [3.05, 3.63) is 35.1 Å². The van der Waals surface area contributed by atoms with Gasteiger partial charge in [0.25, 0.3) is 0 Å². The van der Waals surface area contributed by atoms with Gasteiger partial charge in [0.05, 0.1) is 11.6 Å². The van der Waals surface area contributed by atoms with Crippen LogP contribution in [-0.2, 0) is 11.3 Å². The van der Waals surface area contributed by atoms with Crippen LogP contribution in [0.4, 0.5) is 9.18 Å². The molecule has 2 N–H and O–H groups in total. The summed E-state index contributed by atoms with van der Waals surface area (Å²) in [5.74, 6) is -0.441. The maximum atomic E-state index is 13.7. The number of carbonyl (C=O) groups is 1. The Morgan fingerprint density at radius 3 is 2.71 bits per heavy atom. The number of amides is 2. The molecule has 7 heteroatoms. The summed E-state index contributed by atoms with van der Waals surface area (Å²) in [6.45, 7) is 1.88. The van der Waals surface area contributed by atoms with Crippen LogP contribution in [0.3, 0.4) is 0 Å². The van der Waals surface area contributed by atoms with Crippen LogP contribution in [0.1, 0.15) is 24.0 Å². The molecule has 2 rings (SSSR count). The highest BCUT2D eigenvalue weighted by atomic mass is 19.1. The van der Waals surface area contributed by atoms with E-state index in [9.17, 15) is 9.18 Å². The number of carbonyl (C=O) groups excluding carboxylic acids is 1. The van der Waals surface area contributed by atoms with Gasteiger partial charge in [0, 0.05) is 37.4 Å². The minimum Gasteiger partial charge on any atom is -0.381 e. The third kappa shape index (κ3) is 4.43. The number of hydrogen-bond donors (Lipinski definition) is 2. The first-order valence-corrected chi connectivity index (χ1v) is 7.92. The van der Waals surface area contributed by atoms with Crippen molar-refractivity contribution >= 4 is 6.03 Å². The second-order valence-corrected chi connectivity index (χ2v) is 6.19. The highest BCUT2D eigenvalue weighted by Gasteiger charge is 2.35. The van der Waals surface area contributed by atoms with Crippen LogP contribution in [0, 0.1) is 17.1 Å². The smallest absolute Gasteiger partial charge is 0.315 e. The van der Waals surface area contributed by atoms with Crippen LogP contribution < -0.4 is 10.6 Å². The van der Waals surface area contributed by atoms with E-state index in [1.165, 1.54) is 18.2 Å². The molecule has 0 saturated carbocycles. The molecule has 0 atom stereocenters. The van der Waals surface area contributed by atoms with Gasteiger partial charge in [-0.2, -0.15) is 5.26 Å². The van der Waals surface area contributed by atoms with Crippen molar-refractivity contribution in [3.63, 3.8) is 0 Å². The topological polar surface area (TPSA) is 77.4 Å². The quantitative estimate of drug-likeness (QED) is 0.858. The van der Waals surface area contributed by atoms with E-state index in [0.717, 1.165) is 12.8 Å². The highest BCUT2D eigenvalue weighted by Crippen LogP contribution is 2.25. The molecular formula is C17H23FN4O2. The predicted octanol–water partition coefficient (Wildman–Crippen LogP) is 1.61. The summed E-state index contributed by atoms with van der Waals surface area (Å²) in [5, 5.41) is 14.3. The number of ether oxygens (including phenoxy) is 1. The van der Waals surface area contributed by atoms with Crippen molar-refractivity contribution in [2.45, 2.75) is 24.9 Å². The Hall–Kier alpha value is -2.17. The summed E-state index contributed by atoms with van der Waals surface area (Å²) in [6.07, 6.45) is 1.69. The number of halogens is 1. The third-order valence-electron chi connectivity index (χ3n) is 4.56. The van der Waals surface area contributed by atoms with E-state index in [1.807, 2.05) is 20.2 Å². The van der Waals surface area contributed by atoms with Gasteiger partial charge >= 0.3 is 6.03 Å². The highest BCUT2D eigenvalue weighted by molar-refractivity contribution is 5.74. The lowest BCUT2D eigenvalue weighted by molar-refractivity contribution is -0.00571. The van der Waals surface area contributed by atoms with E-state index >= 15 is 0 Å². The standard InChI is InChI=1S/C17H23FN4O2/c1-22(2)17(5-7-24-8-6-17)12-21-16(23)20-11-14-9-13(10-19)3-4-15(14)18/h3-4,9H,5-8,11-12H2,1-2H3,(H2,20,21,23). The zero-order chi connectivity index (χ0) is 17.6. The molecule has 1 fully saturated rings. The monoisotopic (exact) mass is 334 g/mol. The number of benzene rings is 1. The van der Waals surface area contributed by atoms with Crippen molar-refractivity contribution in [2.75, 3.05) is 33.9 Å². The summed E-state index contributed by atoms with van der Waals surface area (Å²) in [4.78, 5) is 14.1. The van der Waals surface area contributed by atoms with Crippen LogP contribution in [0.15, 0.2) is 18.2 Å². The molecule has 1 aliphatic heterocycles. The molecule has 6 nitrogen and oxygen atoms in total. The van der Waals surface area contributed by atoms with Gasteiger partial charge in [0.2, 0.25) is 0 Å². The molecule has 0 bridgehead atoms. The molecule has 0 unspecified atom stereocenters. The molecule has 0 radical (unpaired) electrons. The van der Waals surface area contributed by atoms with E-state index in [0.29, 0.717) is 25.3 Å². The second-order valence-electron chi connectivity index (χ2n) is 6.19. The third-order valence-corrected chi connectivity index (χ3v) is 4.56. The Balaban J connectivity index is 1.88. The second kappa shape index (κ2) is 8.08. The Kier molecular flexibility index (Phi) is 6.12. The van der Waals surface area contributed by atoms with Gasteiger partial charge in [-0.25, -0.2) is 9.18 Å². The first-order valence-electron chi connectivity index (χ1n) is 7.92. The zero-order valence-electron chi connectivity index (χ0n) is 14.1. The number of hydrogen-bond acceptors (Lipinski definition) is 4. The van der Waals surface area contributed by atoms with Crippen LogP contribution in [0.25, 0.3) is 0 Å². The number of nitriles is 1. The molecule has 1 aromatic carbocycles. The van der Waals surface area contributed by atoms with Crippen LogP contribution in [-0.4, -0.2) is 50.3 Å². The van der Waals surface area contributed by atoms with Crippen molar-refractivity contribution in [3.8, 4) is 6.07 Å². The fraction of sp³-hybridized carbons (Fsp3) is 0.529. The summed E-state index contributed by atoms with van der Waals surface area (Å²) in [6, 6.07) is 5.68. The Labute approximate surface area is 141 Å². The normalized spacial score (nSPS) is 16.5. The number of nitrogens with one attached hydrogen (secondary N) is 2. The van der Waals surface area contributed by atoms with Gasteiger partial charge in [-0.15, -0.1) is 0 Å². The van der Waals surface area contributed by atoms with Crippen molar-refractivity contribution in [1.82, 2.24) is 15.5 Å². The van der Waals surface area contributed by atoms with E-state index in [1.54, 1.807) is 0 Å². The lowest BCUT2D eigenvalue weighted by Crippen LogP contribution is -2.56. The van der Waals surface area contributed by atoms with Gasteiger partial charge in [-0.05, 0) is 45.1 Å². The fourth-order valence-corrected chi connectivity index (χ4v) is 2.80. The summed E-state index contributed by atoms with van der Waals surface area (Å²) < 4.78 is 19.1. The Morgan fingerprint density at radius 2 is 2.08 bits per heavy atom. The maximum Gasteiger partial charge on any atom is 0.315 e. The Bertz CT molecular complexity index is 622. The van der Waals surface area contributed by atoms with E-state index in [-0.39, 0.29) is 23.7 Å². The van der Waals surface area contributed by atoms with Gasteiger partial charge < -0.3 is 20.3 Å². The summed E-state index contributed by atoms with van der Waals surface area (Å²) in [5.41, 5.74) is 0.529. The van der Waals surface area contributed by atoms with E-state index in [4.69, 9.17) is 10.00 Å². The molecule has 24 heavy (non-hydrogen) atoms. The zero-order valence-corrected chi connectivity index (χ0v) is 14.1. The number of likely N-dealkylation sites (N-methyl/N-ethyl adjacent to an activating group) is 1. The Morgan fingerprint density at radius 1 is 1.38 bits per heavy atom. The first-order chi connectivity index (χ1) is 11.5. The molecule has 1 heterocycles. The van der Waals surface area contributed by atoms with Crippen molar-refractivity contribution < 1.29 is 13.9 Å². The number of nitrogens with zero attached hydrogens (tertiary/aromatic N) is 2. The van der Waals surface area contributed by atoms with Gasteiger partial charge in [-0.3, -0.25) is 0 Å². The summed E-state index contributed by atoms with van der Waals surface area (Å²) >= 11 is 0. The molecular weight excluding hydrogens is 311 g/mol. The largest absolute Gasteiger partial charge is 0.381 e. The first kappa shape index (κ1) is 18.2. The molecule has 0 aromatic heterocycles. The van der Waals surface area contributed by atoms with Gasteiger partial charge in [-0.1, -0.05) is 0 Å². The maximum absolute atomic E-state index is 13.7. The van der Waals surface area contributed by atoms with Crippen molar-refractivity contribution in [1.29, 1.82) is 5.26 Å². The predicted molar refractivity (Wildman–Crippen MR) is 87.8 cm³/mol. The molecule has 0 spiro atoms. The van der Waals surface area contributed by atoms with E-state index < -0.39 is 5.82 Å². The summed E-state index contributed by atoms with van der Waals surface area (Å²) in [7, 11) is 3.99. The number of rotatable bonds is 5. The average molecular weight is 334 g/mol.